The third-order valence-electron chi connectivity index (χ3n) is 5.87. The molecular formula is C25H21F2N3O2S. The van der Waals surface area contributed by atoms with Crippen LogP contribution in [0.25, 0.3) is 10.2 Å². The van der Waals surface area contributed by atoms with E-state index < -0.39 is 17.5 Å². The van der Waals surface area contributed by atoms with E-state index in [9.17, 15) is 18.4 Å². The normalized spacial score (nSPS) is 13.2. The van der Waals surface area contributed by atoms with Crippen molar-refractivity contribution in [3.63, 3.8) is 0 Å². The molecule has 0 fully saturated rings. The topological polar surface area (TPSA) is 64.0 Å². The van der Waals surface area contributed by atoms with E-state index in [0.29, 0.717) is 28.5 Å². The Morgan fingerprint density at radius 1 is 1.09 bits per heavy atom. The fraction of sp³-hybridized carbons (Fsp3) is 0.240. The summed E-state index contributed by atoms with van der Waals surface area (Å²) in [6.07, 6.45) is 4.27. The number of carbonyl (C=O) groups is 1. The van der Waals surface area contributed by atoms with Crippen LogP contribution in [0, 0.1) is 11.6 Å². The van der Waals surface area contributed by atoms with Crippen LogP contribution in [0.3, 0.4) is 0 Å². The summed E-state index contributed by atoms with van der Waals surface area (Å²) in [6.45, 7) is -0.314. The number of nitrogens with zero attached hydrogens (tertiary/aromatic N) is 2. The van der Waals surface area contributed by atoms with Gasteiger partial charge in [-0.1, -0.05) is 30.3 Å². The van der Waals surface area contributed by atoms with Crippen molar-refractivity contribution >= 4 is 33.1 Å². The maximum absolute atomic E-state index is 14.0. The first-order valence-corrected chi connectivity index (χ1v) is 11.6. The molecule has 0 spiro atoms. The molecule has 2 heterocycles. The van der Waals surface area contributed by atoms with Crippen LogP contribution in [0.1, 0.15) is 34.7 Å². The average molecular weight is 466 g/mol. The van der Waals surface area contributed by atoms with Gasteiger partial charge in [0.1, 0.15) is 28.8 Å². The van der Waals surface area contributed by atoms with Gasteiger partial charge in [-0.25, -0.2) is 13.8 Å². The molecular weight excluding hydrogens is 444 g/mol. The highest BCUT2D eigenvalue weighted by Crippen LogP contribution is 2.34. The molecule has 0 atom stereocenters. The molecule has 168 valence electrons. The zero-order chi connectivity index (χ0) is 22.9. The van der Waals surface area contributed by atoms with E-state index >= 15 is 0 Å². The smallest absolute Gasteiger partial charge is 0.263 e. The molecule has 0 unspecified atom stereocenters. The van der Waals surface area contributed by atoms with Crippen molar-refractivity contribution in [2.24, 2.45) is 0 Å². The number of fused-ring (bicyclic) bond motifs is 3. The monoisotopic (exact) mass is 465 g/mol. The molecule has 1 amide bonds. The van der Waals surface area contributed by atoms with Crippen LogP contribution >= 0.6 is 11.3 Å². The summed E-state index contributed by atoms with van der Waals surface area (Å²) >= 11 is 1.56. The largest absolute Gasteiger partial charge is 0.322 e. The van der Waals surface area contributed by atoms with Gasteiger partial charge in [-0.05, 0) is 48.9 Å². The molecule has 0 saturated heterocycles. The Morgan fingerprint density at radius 3 is 2.67 bits per heavy atom. The van der Waals surface area contributed by atoms with Crippen LogP contribution in [0.4, 0.5) is 14.5 Å². The lowest BCUT2D eigenvalue weighted by molar-refractivity contribution is -0.116. The third kappa shape index (κ3) is 4.30. The van der Waals surface area contributed by atoms with Gasteiger partial charge in [0.05, 0.1) is 11.1 Å². The van der Waals surface area contributed by atoms with Crippen molar-refractivity contribution in [2.75, 3.05) is 5.32 Å². The van der Waals surface area contributed by atoms with Crippen LogP contribution in [0.15, 0.2) is 53.3 Å². The van der Waals surface area contributed by atoms with E-state index in [1.54, 1.807) is 11.3 Å². The zero-order valence-corrected chi connectivity index (χ0v) is 18.6. The van der Waals surface area contributed by atoms with E-state index in [1.165, 1.54) is 9.44 Å². The van der Waals surface area contributed by atoms with Crippen LogP contribution in [0.2, 0.25) is 0 Å². The van der Waals surface area contributed by atoms with Gasteiger partial charge >= 0.3 is 0 Å². The number of aryl methyl sites for hydroxylation is 2. The predicted molar refractivity (Wildman–Crippen MR) is 125 cm³/mol. The second-order valence-electron chi connectivity index (χ2n) is 8.15. The summed E-state index contributed by atoms with van der Waals surface area (Å²) < 4.78 is 28.6. The molecule has 2 aromatic heterocycles. The first-order chi connectivity index (χ1) is 16.0. The van der Waals surface area contributed by atoms with Crippen molar-refractivity contribution in [2.45, 2.75) is 38.6 Å². The number of thiophene rings is 1. The number of anilines is 1. The molecule has 1 aliphatic carbocycles. The predicted octanol–water partition coefficient (Wildman–Crippen LogP) is 4.84. The molecule has 33 heavy (non-hydrogen) atoms. The van der Waals surface area contributed by atoms with Gasteiger partial charge in [-0.2, -0.15) is 0 Å². The highest BCUT2D eigenvalue weighted by molar-refractivity contribution is 7.18. The van der Waals surface area contributed by atoms with Crippen LogP contribution in [-0.2, 0) is 30.6 Å². The number of hydrogen-bond acceptors (Lipinski definition) is 4. The quantitative estimate of drug-likeness (QED) is 0.459. The van der Waals surface area contributed by atoms with Gasteiger partial charge in [0.2, 0.25) is 5.91 Å². The van der Waals surface area contributed by atoms with Crippen molar-refractivity contribution in [1.29, 1.82) is 0 Å². The molecule has 1 N–H and O–H groups in total. The van der Waals surface area contributed by atoms with Crippen molar-refractivity contribution < 1.29 is 13.6 Å². The summed E-state index contributed by atoms with van der Waals surface area (Å²) in [7, 11) is 0. The molecule has 4 aromatic rings. The molecule has 0 aliphatic heterocycles. The van der Waals surface area contributed by atoms with Crippen LogP contribution < -0.4 is 10.9 Å². The molecule has 2 aromatic carbocycles. The summed E-state index contributed by atoms with van der Waals surface area (Å²) in [6, 6.07) is 12.5. The standard InChI is InChI=1S/C25H21F2N3O2S/c26-16-10-11-19(18(27)13-16)28-22(31)14-30-21(12-15-6-2-1-3-7-15)29-24-23(25(30)32)17-8-4-5-9-20(17)33-24/h1-3,6-7,10-11,13H,4-5,8-9,12,14H2,(H,28,31). The minimum Gasteiger partial charge on any atom is -0.322 e. The van der Waals surface area contributed by atoms with Crippen molar-refractivity contribution in [3.8, 4) is 0 Å². The minimum absolute atomic E-state index is 0.138. The lowest BCUT2D eigenvalue weighted by atomic mass is 9.97. The van der Waals surface area contributed by atoms with Gasteiger partial charge < -0.3 is 5.32 Å². The van der Waals surface area contributed by atoms with E-state index in [1.807, 2.05) is 30.3 Å². The molecule has 5 rings (SSSR count). The van der Waals surface area contributed by atoms with Crippen molar-refractivity contribution in [3.05, 3.63) is 92.3 Å². The third-order valence-corrected chi connectivity index (χ3v) is 7.05. The van der Waals surface area contributed by atoms with Gasteiger partial charge in [-0.3, -0.25) is 14.2 Å². The Bertz CT molecular complexity index is 1410. The highest BCUT2D eigenvalue weighted by atomic mass is 32.1. The first-order valence-electron chi connectivity index (χ1n) is 10.8. The zero-order valence-electron chi connectivity index (χ0n) is 17.7. The number of benzene rings is 2. The lowest BCUT2D eigenvalue weighted by Gasteiger charge is -2.14. The molecule has 8 heteroatoms. The van der Waals surface area contributed by atoms with E-state index in [2.05, 4.69) is 5.32 Å². The second kappa shape index (κ2) is 8.86. The van der Waals surface area contributed by atoms with Crippen molar-refractivity contribution in [1.82, 2.24) is 9.55 Å². The first kappa shape index (κ1) is 21.5. The summed E-state index contributed by atoms with van der Waals surface area (Å²) in [5, 5.41) is 3.03. The number of rotatable bonds is 5. The van der Waals surface area contributed by atoms with Gasteiger partial charge in [0.25, 0.3) is 5.56 Å². The Morgan fingerprint density at radius 2 is 1.88 bits per heavy atom. The summed E-state index contributed by atoms with van der Waals surface area (Å²) in [5.41, 5.74) is 1.62. The summed E-state index contributed by atoms with van der Waals surface area (Å²) in [4.78, 5) is 33.1. The maximum atomic E-state index is 14.0. The molecule has 1 aliphatic rings. The van der Waals surface area contributed by atoms with Gasteiger partial charge in [0.15, 0.2) is 0 Å². The van der Waals surface area contributed by atoms with E-state index in [0.717, 1.165) is 48.9 Å². The SMILES string of the molecule is O=C(Cn1c(Cc2ccccc2)nc2sc3c(c2c1=O)CCCC3)Nc1ccc(F)cc1F. The number of carbonyl (C=O) groups excluding carboxylic acids is 1. The maximum Gasteiger partial charge on any atom is 0.263 e. The van der Waals surface area contributed by atoms with Gasteiger partial charge in [-0.15, -0.1) is 11.3 Å². The average Bonchev–Trinajstić information content (AvgIpc) is 3.17. The Kier molecular flexibility index (Phi) is 5.76. The van der Waals surface area contributed by atoms with Gasteiger partial charge in [0, 0.05) is 17.4 Å². The second-order valence-corrected chi connectivity index (χ2v) is 9.23. The number of hydrogen-bond donors (Lipinski definition) is 1. The summed E-state index contributed by atoms with van der Waals surface area (Å²) in [5.74, 6) is -1.71. The number of amides is 1. The Balaban J connectivity index is 1.55. The fourth-order valence-corrected chi connectivity index (χ4v) is 5.55. The van der Waals surface area contributed by atoms with Crippen LogP contribution in [0.5, 0.6) is 0 Å². The number of halogens is 2. The Labute approximate surface area is 192 Å². The lowest BCUT2D eigenvalue weighted by Crippen LogP contribution is -2.31. The number of nitrogens with one attached hydrogen (secondary N) is 1. The molecule has 5 nitrogen and oxygen atoms in total. The van der Waals surface area contributed by atoms with E-state index in [4.69, 9.17) is 4.98 Å². The minimum atomic E-state index is -0.874. The van der Waals surface area contributed by atoms with E-state index in [-0.39, 0.29) is 17.8 Å². The molecule has 0 radical (unpaired) electrons. The fourth-order valence-electron chi connectivity index (χ4n) is 4.28. The molecule has 0 bridgehead atoms. The molecule has 0 saturated carbocycles. The van der Waals surface area contributed by atoms with Crippen LogP contribution in [-0.4, -0.2) is 15.5 Å². The number of aromatic nitrogens is 2. The Hall–Kier alpha value is -3.39. The highest BCUT2D eigenvalue weighted by Gasteiger charge is 2.23.